The summed E-state index contributed by atoms with van der Waals surface area (Å²) >= 11 is 0. The van der Waals surface area contributed by atoms with Crippen LogP contribution in [0.2, 0.25) is 0 Å². The molecule has 2 N–H and O–H groups in total. The Labute approximate surface area is 160 Å². The Kier molecular flexibility index (Phi) is 3.59. The molecule has 0 bridgehead atoms. The summed E-state index contributed by atoms with van der Waals surface area (Å²) in [5.41, 5.74) is 5.34. The number of carbonyl (C=O) groups is 1. The second-order valence-corrected chi connectivity index (χ2v) is 7.06. The summed E-state index contributed by atoms with van der Waals surface area (Å²) in [6.07, 6.45) is 0. The van der Waals surface area contributed by atoms with E-state index in [1.807, 2.05) is 37.3 Å². The van der Waals surface area contributed by atoms with Gasteiger partial charge in [0.1, 0.15) is 11.6 Å². The molecule has 0 fully saturated rings. The van der Waals surface area contributed by atoms with Crippen molar-refractivity contribution < 1.29 is 13.6 Å². The van der Waals surface area contributed by atoms with Gasteiger partial charge in [0.05, 0.1) is 11.6 Å². The molecule has 0 saturated carbocycles. The van der Waals surface area contributed by atoms with Crippen molar-refractivity contribution in [1.82, 2.24) is 10.3 Å². The number of benzene rings is 3. The number of H-pyrrole nitrogens is 1. The topological polar surface area (TPSA) is 44.9 Å². The number of rotatable bonds is 2. The van der Waals surface area contributed by atoms with Gasteiger partial charge in [0.25, 0.3) is 5.91 Å². The van der Waals surface area contributed by atoms with Crippen molar-refractivity contribution in [2.24, 2.45) is 0 Å². The van der Waals surface area contributed by atoms with E-state index in [0.29, 0.717) is 22.2 Å². The van der Waals surface area contributed by atoms with E-state index in [9.17, 15) is 13.6 Å². The minimum absolute atomic E-state index is 0.140. The first-order valence-corrected chi connectivity index (χ1v) is 9.00. The van der Waals surface area contributed by atoms with E-state index in [2.05, 4.69) is 10.3 Å². The maximum Gasteiger partial charge on any atom is 0.252 e. The fraction of sp³-hybridized carbons (Fsp3) is 0.0870. The van der Waals surface area contributed by atoms with Gasteiger partial charge in [0.15, 0.2) is 0 Å². The predicted octanol–water partition coefficient (Wildman–Crippen LogP) is 5.25. The van der Waals surface area contributed by atoms with Crippen LogP contribution in [0.5, 0.6) is 0 Å². The van der Waals surface area contributed by atoms with Crippen molar-refractivity contribution >= 4 is 16.8 Å². The van der Waals surface area contributed by atoms with Crippen LogP contribution in [0.3, 0.4) is 0 Å². The summed E-state index contributed by atoms with van der Waals surface area (Å²) in [6, 6.07) is 16.9. The number of amides is 1. The molecule has 1 aliphatic rings. The van der Waals surface area contributed by atoms with Crippen molar-refractivity contribution in [2.75, 3.05) is 0 Å². The Hall–Kier alpha value is -3.47. The summed E-state index contributed by atoms with van der Waals surface area (Å²) in [5.74, 6) is -1.39. The molecule has 5 heteroatoms. The maximum absolute atomic E-state index is 14.2. The van der Waals surface area contributed by atoms with E-state index in [-0.39, 0.29) is 11.9 Å². The maximum atomic E-state index is 14.2. The Morgan fingerprint density at radius 1 is 0.929 bits per heavy atom. The molecule has 1 atom stereocenters. The van der Waals surface area contributed by atoms with Gasteiger partial charge in [0, 0.05) is 33.8 Å². The Morgan fingerprint density at radius 2 is 1.71 bits per heavy atom. The second-order valence-electron chi connectivity index (χ2n) is 7.06. The third kappa shape index (κ3) is 2.43. The Bertz CT molecular complexity index is 1260. The van der Waals surface area contributed by atoms with E-state index < -0.39 is 11.6 Å². The van der Waals surface area contributed by atoms with Crippen molar-refractivity contribution in [3.63, 3.8) is 0 Å². The van der Waals surface area contributed by atoms with Crippen LogP contribution >= 0.6 is 0 Å². The van der Waals surface area contributed by atoms with Gasteiger partial charge in [-0.1, -0.05) is 36.4 Å². The fourth-order valence-electron chi connectivity index (χ4n) is 4.04. The highest BCUT2D eigenvalue weighted by molar-refractivity contribution is 6.02. The molecule has 1 aliphatic heterocycles. The van der Waals surface area contributed by atoms with Crippen LogP contribution < -0.4 is 5.32 Å². The highest BCUT2D eigenvalue weighted by Crippen LogP contribution is 2.40. The van der Waals surface area contributed by atoms with E-state index in [4.69, 9.17) is 0 Å². The lowest BCUT2D eigenvalue weighted by Gasteiger charge is -2.17. The van der Waals surface area contributed by atoms with Crippen LogP contribution in [0.15, 0.2) is 60.7 Å². The summed E-state index contributed by atoms with van der Waals surface area (Å²) < 4.78 is 27.8. The average molecular weight is 374 g/mol. The van der Waals surface area contributed by atoms with Crippen LogP contribution in [0.25, 0.3) is 22.2 Å². The number of aromatic nitrogens is 1. The van der Waals surface area contributed by atoms with Gasteiger partial charge in [-0.3, -0.25) is 4.79 Å². The van der Waals surface area contributed by atoms with Gasteiger partial charge in [-0.05, 0) is 36.2 Å². The summed E-state index contributed by atoms with van der Waals surface area (Å²) in [5, 5.41) is 3.37. The molecule has 0 spiro atoms. The Balaban J connectivity index is 1.75. The zero-order valence-electron chi connectivity index (χ0n) is 15.0. The van der Waals surface area contributed by atoms with Crippen LogP contribution in [0.1, 0.15) is 33.1 Å². The summed E-state index contributed by atoms with van der Waals surface area (Å²) in [7, 11) is 0. The molecule has 1 amide bonds. The van der Waals surface area contributed by atoms with Gasteiger partial charge in [-0.15, -0.1) is 0 Å². The summed E-state index contributed by atoms with van der Waals surface area (Å²) in [6.45, 7) is 2.00. The first-order chi connectivity index (χ1) is 13.5. The summed E-state index contributed by atoms with van der Waals surface area (Å²) in [4.78, 5) is 15.7. The minimum Gasteiger partial charge on any atom is -0.354 e. The first kappa shape index (κ1) is 16.7. The molecule has 3 aromatic carbocycles. The lowest BCUT2D eigenvalue weighted by Crippen LogP contribution is -2.20. The third-order valence-corrected chi connectivity index (χ3v) is 5.36. The lowest BCUT2D eigenvalue weighted by atomic mass is 9.90. The quantitative estimate of drug-likeness (QED) is 0.494. The van der Waals surface area contributed by atoms with Gasteiger partial charge in [-0.2, -0.15) is 0 Å². The van der Waals surface area contributed by atoms with Crippen LogP contribution in [-0.2, 0) is 0 Å². The van der Waals surface area contributed by atoms with Crippen molar-refractivity contribution in [1.29, 1.82) is 0 Å². The number of hydrogen-bond acceptors (Lipinski definition) is 1. The normalized spacial score (nSPS) is 15.7. The number of halogens is 2. The third-order valence-electron chi connectivity index (χ3n) is 5.36. The van der Waals surface area contributed by atoms with E-state index in [1.165, 1.54) is 6.07 Å². The molecule has 0 radical (unpaired) electrons. The molecule has 138 valence electrons. The molecule has 1 unspecified atom stereocenters. The molecular weight excluding hydrogens is 358 g/mol. The largest absolute Gasteiger partial charge is 0.354 e. The molecule has 28 heavy (non-hydrogen) atoms. The standard InChI is InChI=1S/C23H16F2N2O/c1-12-5-2-3-6-14(12)22-21-15(7-4-8-16(21)23(28)27-22)20-11-17-18(25)9-13(24)10-19(17)26-20/h2-11,22,26H,1H3,(H,27,28). The molecule has 2 heterocycles. The van der Waals surface area contributed by atoms with Crippen LogP contribution in [0, 0.1) is 18.6 Å². The van der Waals surface area contributed by atoms with Crippen molar-refractivity contribution in [3.8, 4) is 11.3 Å². The van der Waals surface area contributed by atoms with Crippen LogP contribution in [-0.4, -0.2) is 10.9 Å². The Morgan fingerprint density at radius 3 is 2.54 bits per heavy atom. The highest BCUT2D eigenvalue weighted by atomic mass is 19.1. The smallest absolute Gasteiger partial charge is 0.252 e. The minimum atomic E-state index is -0.633. The van der Waals surface area contributed by atoms with Gasteiger partial charge >= 0.3 is 0 Å². The molecule has 3 nitrogen and oxygen atoms in total. The molecule has 4 aromatic rings. The number of fused-ring (bicyclic) bond motifs is 2. The number of hydrogen-bond donors (Lipinski definition) is 2. The lowest BCUT2D eigenvalue weighted by molar-refractivity contribution is 0.0960. The van der Waals surface area contributed by atoms with E-state index >= 15 is 0 Å². The highest BCUT2D eigenvalue weighted by Gasteiger charge is 2.33. The van der Waals surface area contributed by atoms with Gasteiger partial charge in [-0.25, -0.2) is 8.78 Å². The van der Waals surface area contributed by atoms with Crippen molar-refractivity contribution in [2.45, 2.75) is 13.0 Å². The molecule has 0 aliphatic carbocycles. The van der Waals surface area contributed by atoms with Crippen molar-refractivity contribution in [3.05, 3.63) is 94.6 Å². The number of carbonyl (C=O) groups excluding carboxylic acids is 1. The molecule has 1 aromatic heterocycles. The zero-order chi connectivity index (χ0) is 19.4. The molecule has 5 rings (SSSR count). The van der Waals surface area contributed by atoms with Gasteiger partial charge < -0.3 is 10.3 Å². The monoisotopic (exact) mass is 374 g/mol. The SMILES string of the molecule is Cc1ccccc1C1NC(=O)c2cccc(-c3cc4c(F)cc(F)cc4[nH]3)c21. The molecular formula is C23H16F2N2O. The predicted molar refractivity (Wildman–Crippen MR) is 104 cm³/mol. The zero-order valence-corrected chi connectivity index (χ0v) is 15.0. The number of nitrogens with one attached hydrogen (secondary N) is 2. The number of aromatic amines is 1. The second kappa shape index (κ2) is 6.02. The van der Waals surface area contributed by atoms with Gasteiger partial charge in [0.2, 0.25) is 0 Å². The average Bonchev–Trinajstić information content (AvgIpc) is 3.24. The fourth-order valence-corrected chi connectivity index (χ4v) is 4.04. The molecule has 0 saturated heterocycles. The van der Waals surface area contributed by atoms with E-state index in [1.54, 1.807) is 18.2 Å². The number of aryl methyl sites for hydroxylation is 1. The van der Waals surface area contributed by atoms with Crippen LogP contribution in [0.4, 0.5) is 8.78 Å². The first-order valence-electron chi connectivity index (χ1n) is 9.00. The van der Waals surface area contributed by atoms with E-state index in [0.717, 1.165) is 28.3 Å².